The smallest absolute Gasteiger partial charge is 0.119 e. The molecule has 0 saturated heterocycles. The van der Waals surface area contributed by atoms with Gasteiger partial charge in [0.05, 0.1) is 13.2 Å². The predicted molar refractivity (Wildman–Crippen MR) is 149 cm³/mol. The van der Waals surface area contributed by atoms with Gasteiger partial charge in [-0.25, -0.2) is 0 Å². The fourth-order valence-electron chi connectivity index (χ4n) is 5.08. The number of rotatable bonds is 10. The zero-order valence-corrected chi connectivity index (χ0v) is 22.0. The van der Waals surface area contributed by atoms with Crippen molar-refractivity contribution in [1.29, 1.82) is 0 Å². The molecule has 2 fully saturated rings. The Hall–Kier alpha value is -2.12. The van der Waals surface area contributed by atoms with Crippen molar-refractivity contribution < 1.29 is 9.47 Å². The largest absolute Gasteiger partial charge is 0.493 e. The lowest BCUT2D eigenvalue weighted by Gasteiger charge is -2.22. The van der Waals surface area contributed by atoms with Gasteiger partial charge in [-0.05, 0) is 72.9 Å². The molecule has 2 aromatic carbocycles. The molecule has 2 saturated carbocycles. The Kier molecular flexibility index (Phi) is 12.5. The third-order valence-corrected chi connectivity index (χ3v) is 7.50. The number of benzene rings is 2. The Morgan fingerprint density at radius 1 is 0.611 bits per heavy atom. The Morgan fingerprint density at radius 2 is 1.00 bits per heavy atom. The minimum atomic E-state index is -0.0942. The first-order chi connectivity index (χ1) is 17.6. The molecule has 2 aliphatic carbocycles. The maximum atomic E-state index is 5.92. The Morgan fingerprint density at radius 3 is 1.36 bits per heavy atom. The summed E-state index contributed by atoms with van der Waals surface area (Å²) in [6.45, 7) is 2.60. The van der Waals surface area contributed by atoms with Crippen LogP contribution in [0.5, 0.6) is 11.5 Å². The van der Waals surface area contributed by atoms with E-state index in [-0.39, 0.29) is 12.1 Å². The summed E-state index contributed by atoms with van der Waals surface area (Å²) in [5.74, 6) is 3.29. The summed E-state index contributed by atoms with van der Waals surface area (Å²) < 4.78 is 11.8. The minimum Gasteiger partial charge on any atom is -0.493 e. The van der Waals surface area contributed by atoms with E-state index >= 15 is 0 Å². The second-order valence-corrected chi connectivity index (χ2v) is 10.5. The summed E-state index contributed by atoms with van der Waals surface area (Å²) >= 11 is 0. The molecule has 2 atom stereocenters. The molecule has 2 aromatic rings. The first-order valence-corrected chi connectivity index (χ1v) is 14.0. The molecule has 2 aliphatic rings. The van der Waals surface area contributed by atoms with Gasteiger partial charge in [0, 0.05) is 25.2 Å². The van der Waals surface area contributed by atoms with E-state index in [1.54, 1.807) is 0 Å². The van der Waals surface area contributed by atoms with Gasteiger partial charge in [0.1, 0.15) is 11.5 Å². The van der Waals surface area contributed by atoms with Crippen molar-refractivity contribution in [3.05, 3.63) is 59.7 Å². The molecule has 0 aliphatic heterocycles. The molecular weight excluding hydrogens is 448 g/mol. The van der Waals surface area contributed by atoms with Crippen LogP contribution in [0.1, 0.15) is 87.4 Å². The maximum Gasteiger partial charge on any atom is 0.119 e. The first kappa shape index (κ1) is 28.5. The summed E-state index contributed by atoms with van der Waals surface area (Å²) in [7, 11) is 0. The predicted octanol–water partition coefficient (Wildman–Crippen LogP) is 5.21. The molecule has 8 N–H and O–H groups in total. The van der Waals surface area contributed by atoms with Gasteiger partial charge in [-0.15, -0.1) is 0 Å². The third kappa shape index (κ3) is 9.74. The molecule has 6 nitrogen and oxygen atoms in total. The molecule has 0 aromatic heterocycles. The molecule has 0 bridgehead atoms. The maximum absolute atomic E-state index is 5.92. The number of ether oxygens (including phenoxy) is 2. The van der Waals surface area contributed by atoms with E-state index in [0.29, 0.717) is 13.1 Å². The van der Waals surface area contributed by atoms with E-state index in [0.717, 1.165) is 47.7 Å². The van der Waals surface area contributed by atoms with Gasteiger partial charge in [0.15, 0.2) is 0 Å². The van der Waals surface area contributed by atoms with Gasteiger partial charge in [-0.2, -0.15) is 0 Å². The quantitative estimate of drug-likeness (QED) is 0.358. The van der Waals surface area contributed by atoms with Gasteiger partial charge in [0.2, 0.25) is 0 Å². The summed E-state index contributed by atoms with van der Waals surface area (Å²) in [4.78, 5) is 0. The van der Waals surface area contributed by atoms with E-state index in [9.17, 15) is 0 Å². The van der Waals surface area contributed by atoms with Crippen LogP contribution in [0.2, 0.25) is 0 Å². The van der Waals surface area contributed by atoms with Gasteiger partial charge in [0.25, 0.3) is 0 Å². The van der Waals surface area contributed by atoms with Crippen molar-refractivity contribution in [1.82, 2.24) is 0 Å². The SMILES string of the molecule is NCC(N)c1cccc(OCC2CCCCC2)c1.NCC(N)c1cccc(OCC2CCCCC2)c1. The molecular formula is C30H48N4O2. The fourth-order valence-corrected chi connectivity index (χ4v) is 5.08. The van der Waals surface area contributed by atoms with Gasteiger partial charge in [-0.1, -0.05) is 62.8 Å². The monoisotopic (exact) mass is 496 g/mol. The number of nitrogens with two attached hydrogens (primary N) is 4. The van der Waals surface area contributed by atoms with E-state index in [2.05, 4.69) is 0 Å². The topological polar surface area (TPSA) is 123 Å². The van der Waals surface area contributed by atoms with Crippen LogP contribution in [0.4, 0.5) is 0 Å². The lowest BCUT2D eigenvalue weighted by molar-refractivity contribution is 0.208. The van der Waals surface area contributed by atoms with Crippen LogP contribution < -0.4 is 32.4 Å². The van der Waals surface area contributed by atoms with Crippen molar-refractivity contribution in [2.24, 2.45) is 34.8 Å². The normalized spacial score (nSPS) is 18.6. The first-order valence-electron chi connectivity index (χ1n) is 14.0. The van der Waals surface area contributed by atoms with Crippen molar-refractivity contribution in [2.45, 2.75) is 76.3 Å². The van der Waals surface area contributed by atoms with E-state index in [4.69, 9.17) is 32.4 Å². The number of hydrogen-bond donors (Lipinski definition) is 4. The second kappa shape index (κ2) is 15.9. The standard InChI is InChI=1S/2C15H24N2O/c2*16-10-15(17)13-7-4-8-14(9-13)18-11-12-5-2-1-3-6-12/h2*4,7-9,12,15H,1-3,5-6,10-11,16-17H2. The number of hydrogen-bond acceptors (Lipinski definition) is 6. The zero-order valence-electron chi connectivity index (χ0n) is 22.0. The molecule has 0 heterocycles. The van der Waals surface area contributed by atoms with E-state index < -0.39 is 0 Å². The van der Waals surface area contributed by atoms with Crippen LogP contribution in [0.3, 0.4) is 0 Å². The molecule has 0 radical (unpaired) electrons. The van der Waals surface area contributed by atoms with Crippen molar-refractivity contribution in [2.75, 3.05) is 26.3 Å². The Balaban J connectivity index is 0.000000201. The lowest BCUT2D eigenvalue weighted by atomic mass is 9.90. The van der Waals surface area contributed by atoms with Crippen LogP contribution in [0.25, 0.3) is 0 Å². The summed E-state index contributed by atoms with van der Waals surface area (Å²) in [6.07, 6.45) is 13.4. The Bertz CT molecular complexity index is 794. The van der Waals surface area contributed by atoms with Crippen molar-refractivity contribution >= 4 is 0 Å². The van der Waals surface area contributed by atoms with Crippen LogP contribution in [-0.2, 0) is 0 Å². The van der Waals surface area contributed by atoms with Crippen LogP contribution in [-0.4, -0.2) is 26.3 Å². The van der Waals surface area contributed by atoms with E-state index in [1.807, 2.05) is 48.5 Å². The van der Waals surface area contributed by atoms with Crippen molar-refractivity contribution in [3.63, 3.8) is 0 Å². The lowest BCUT2D eigenvalue weighted by Crippen LogP contribution is -2.20. The average molecular weight is 497 g/mol. The second-order valence-electron chi connectivity index (χ2n) is 10.5. The summed E-state index contributed by atoms with van der Waals surface area (Å²) in [6, 6.07) is 15.8. The minimum absolute atomic E-state index is 0.0942. The fraction of sp³-hybridized carbons (Fsp3) is 0.600. The summed E-state index contributed by atoms with van der Waals surface area (Å²) in [5, 5.41) is 0. The highest BCUT2D eigenvalue weighted by Gasteiger charge is 2.15. The highest BCUT2D eigenvalue weighted by molar-refractivity contribution is 5.31. The summed E-state index contributed by atoms with van der Waals surface area (Å²) in [5.41, 5.74) is 25.1. The van der Waals surface area contributed by atoms with E-state index in [1.165, 1.54) is 64.2 Å². The van der Waals surface area contributed by atoms with Crippen molar-refractivity contribution in [3.8, 4) is 11.5 Å². The van der Waals surface area contributed by atoms with Crippen LogP contribution in [0, 0.1) is 11.8 Å². The average Bonchev–Trinajstić information content (AvgIpc) is 2.96. The third-order valence-electron chi connectivity index (χ3n) is 7.50. The molecule has 36 heavy (non-hydrogen) atoms. The van der Waals surface area contributed by atoms with Gasteiger partial charge >= 0.3 is 0 Å². The highest BCUT2D eigenvalue weighted by Crippen LogP contribution is 2.26. The molecule has 6 heteroatoms. The zero-order chi connectivity index (χ0) is 25.6. The molecule has 2 unspecified atom stereocenters. The molecule has 200 valence electrons. The highest BCUT2D eigenvalue weighted by atomic mass is 16.5. The molecule has 0 amide bonds. The van der Waals surface area contributed by atoms with Crippen LogP contribution >= 0.6 is 0 Å². The molecule has 0 spiro atoms. The van der Waals surface area contributed by atoms with Crippen LogP contribution in [0.15, 0.2) is 48.5 Å². The molecule has 4 rings (SSSR count). The Labute approximate surface area is 218 Å². The van der Waals surface area contributed by atoms with Gasteiger partial charge < -0.3 is 32.4 Å². The van der Waals surface area contributed by atoms with Gasteiger partial charge in [-0.3, -0.25) is 0 Å².